The van der Waals surface area contributed by atoms with Gasteiger partial charge < -0.3 is 9.47 Å². The number of fused-ring (bicyclic) bond motifs is 1. The summed E-state index contributed by atoms with van der Waals surface area (Å²) in [6.07, 6.45) is 0. The lowest BCUT2D eigenvalue weighted by atomic mass is 10.2. The third-order valence-electron chi connectivity index (χ3n) is 2.95. The number of aromatic nitrogens is 3. The van der Waals surface area contributed by atoms with Crippen LogP contribution in [-0.4, -0.2) is 28.0 Å². The first-order valence-corrected chi connectivity index (χ1v) is 6.55. The van der Waals surface area contributed by atoms with Crippen LogP contribution in [0.25, 0.3) is 5.69 Å². The summed E-state index contributed by atoms with van der Waals surface area (Å²) in [5.41, 5.74) is 0.878. The molecular weight excluding hydrogens is 266 g/mol. The van der Waals surface area contributed by atoms with Crippen LogP contribution in [0.15, 0.2) is 18.2 Å². The van der Waals surface area contributed by atoms with Crippen molar-refractivity contribution in [3.05, 3.63) is 29.3 Å². The van der Waals surface area contributed by atoms with Crippen LogP contribution in [0.3, 0.4) is 0 Å². The van der Waals surface area contributed by atoms with E-state index in [9.17, 15) is 0 Å². The largest absolute Gasteiger partial charge is 0.486 e. The first kappa shape index (κ1) is 12.3. The SMILES string of the molecule is CC(C)c1nnc(Cl)n1-c1ccc2c(c1)OCCO2. The molecule has 0 unspecified atom stereocenters. The zero-order valence-electron chi connectivity index (χ0n) is 10.8. The Morgan fingerprint density at radius 1 is 1.16 bits per heavy atom. The van der Waals surface area contributed by atoms with Gasteiger partial charge in [0.1, 0.15) is 19.0 Å². The van der Waals surface area contributed by atoms with E-state index in [2.05, 4.69) is 24.0 Å². The van der Waals surface area contributed by atoms with Crippen molar-refractivity contribution in [3.8, 4) is 17.2 Å². The number of ether oxygens (including phenoxy) is 2. The van der Waals surface area contributed by atoms with E-state index in [1.165, 1.54) is 0 Å². The number of rotatable bonds is 2. The van der Waals surface area contributed by atoms with Crippen molar-refractivity contribution >= 4 is 11.6 Å². The smallest absolute Gasteiger partial charge is 0.229 e. The topological polar surface area (TPSA) is 49.2 Å². The van der Waals surface area contributed by atoms with Crippen LogP contribution in [0, 0.1) is 0 Å². The van der Waals surface area contributed by atoms with Crippen LogP contribution in [0.2, 0.25) is 5.28 Å². The number of benzene rings is 1. The monoisotopic (exact) mass is 279 g/mol. The molecule has 1 aliphatic rings. The molecule has 0 amide bonds. The Morgan fingerprint density at radius 2 is 1.89 bits per heavy atom. The summed E-state index contributed by atoms with van der Waals surface area (Å²) in [6, 6.07) is 5.70. The standard InChI is InChI=1S/C13H14ClN3O2/c1-8(2)12-15-16-13(14)17(12)9-3-4-10-11(7-9)19-6-5-18-10/h3-4,7-8H,5-6H2,1-2H3. The van der Waals surface area contributed by atoms with Gasteiger partial charge in [-0.3, -0.25) is 4.57 Å². The molecule has 0 radical (unpaired) electrons. The molecular formula is C13H14ClN3O2. The predicted octanol–water partition coefficient (Wildman–Crippen LogP) is 2.82. The van der Waals surface area contributed by atoms with Gasteiger partial charge in [0.05, 0.1) is 5.69 Å². The highest BCUT2D eigenvalue weighted by molar-refractivity contribution is 6.28. The van der Waals surface area contributed by atoms with Gasteiger partial charge in [0, 0.05) is 12.0 Å². The lowest BCUT2D eigenvalue weighted by Gasteiger charge is -2.19. The summed E-state index contributed by atoms with van der Waals surface area (Å²) in [7, 11) is 0. The fourth-order valence-electron chi connectivity index (χ4n) is 2.06. The van der Waals surface area contributed by atoms with Gasteiger partial charge in [-0.25, -0.2) is 0 Å². The minimum Gasteiger partial charge on any atom is -0.486 e. The molecule has 100 valence electrons. The van der Waals surface area contributed by atoms with Crippen molar-refractivity contribution in [2.45, 2.75) is 19.8 Å². The van der Waals surface area contributed by atoms with E-state index in [0.717, 1.165) is 23.0 Å². The van der Waals surface area contributed by atoms with E-state index in [-0.39, 0.29) is 5.92 Å². The minimum atomic E-state index is 0.230. The molecule has 19 heavy (non-hydrogen) atoms. The molecule has 1 aliphatic heterocycles. The second-order valence-electron chi connectivity index (χ2n) is 4.65. The summed E-state index contributed by atoms with van der Waals surface area (Å²) in [5, 5.41) is 8.39. The van der Waals surface area contributed by atoms with Gasteiger partial charge in [-0.1, -0.05) is 13.8 Å². The number of hydrogen-bond donors (Lipinski definition) is 0. The minimum absolute atomic E-state index is 0.230. The van der Waals surface area contributed by atoms with Crippen molar-refractivity contribution in [1.82, 2.24) is 14.8 Å². The molecule has 6 heteroatoms. The first-order chi connectivity index (χ1) is 9.16. The van der Waals surface area contributed by atoms with Gasteiger partial charge in [0.25, 0.3) is 0 Å². The Hall–Kier alpha value is -1.75. The quantitative estimate of drug-likeness (QED) is 0.848. The summed E-state index contributed by atoms with van der Waals surface area (Å²) >= 11 is 6.12. The highest BCUT2D eigenvalue weighted by Gasteiger charge is 2.18. The number of nitrogens with zero attached hydrogens (tertiary/aromatic N) is 3. The van der Waals surface area contributed by atoms with Crippen LogP contribution >= 0.6 is 11.6 Å². The van der Waals surface area contributed by atoms with Crippen molar-refractivity contribution < 1.29 is 9.47 Å². The Morgan fingerprint density at radius 3 is 2.63 bits per heavy atom. The average Bonchev–Trinajstić information content (AvgIpc) is 2.80. The zero-order chi connectivity index (χ0) is 13.4. The fraction of sp³-hybridized carbons (Fsp3) is 0.385. The van der Waals surface area contributed by atoms with E-state index in [1.54, 1.807) is 0 Å². The van der Waals surface area contributed by atoms with Crippen LogP contribution in [0.1, 0.15) is 25.6 Å². The van der Waals surface area contributed by atoms with Gasteiger partial charge in [-0.2, -0.15) is 0 Å². The van der Waals surface area contributed by atoms with Crippen LogP contribution in [0.4, 0.5) is 0 Å². The molecule has 2 aromatic rings. The van der Waals surface area contributed by atoms with Gasteiger partial charge in [-0.15, -0.1) is 10.2 Å². The molecule has 0 spiro atoms. The summed E-state index contributed by atoms with van der Waals surface area (Å²) in [6.45, 7) is 5.24. The summed E-state index contributed by atoms with van der Waals surface area (Å²) in [4.78, 5) is 0. The lowest BCUT2D eigenvalue weighted by Crippen LogP contribution is -2.15. The number of halogens is 1. The average molecular weight is 280 g/mol. The maximum absolute atomic E-state index is 6.12. The molecule has 0 fully saturated rings. The highest BCUT2D eigenvalue weighted by atomic mass is 35.5. The molecule has 3 rings (SSSR count). The molecule has 0 bridgehead atoms. The lowest BCUT2D eigenvalue weighted by molar-refractivity contribution is 0.171. The van der Waals surface area contributed by atoms with Crippen molar-refractivity contribution in [2.75, 3.05) is 13.2 Å². The van der Waals surface area contributed by atoms with Crippen molar-refractivity contribution in [2.24, 2.45) is 0 Å². The highest BCUT2D eigenvalue weighted by Crippen LogP contribution is 2.33. The molecule has 5 nitrogen and oxygen atoms in total. The summed E-state index contributed by atoms with van der Waals surface area (Å²) in [5.74, 6) is 2.53. The first-order valence-electron chi connectivity index (χ1n) is 6.17. The number of hydrogen-bond acceptors (Lipinski definition) is 4. The third kappa shape index (κ3) is 2.14. The normalized spacial score (nSPS) is 13.9. The maximum Gasteiger partial charge on any atom is 0.229 e. The van der Waals surface area contributed by atoms with Gasteiger partial charge in [-0.05, 0) is 23.7 Å². The van der Waals surface area contributed by atoms with Gasteiger partial charge >= 0.3 is 0 Å². The maximum atomic E-state index is 6.12. The van der Waals surface area contributed by atoms with E-state index in [4.69, 9.17) is 21.1 Å². The second kappa shape index (κ2) is 4.74. The molecule has 0 atom stereocenters. The van der Waals surface area contributed by atoms with Gasteiger partial charge in [0.15, 0.2) is 11.5 Å². The predicted molar refractivity (Wildman–Crippen MR) is 71.4 cm³/mol. The molecule has 0 saturated heterocycles. The van der Waals surface area contributed by atoms with Crippen LogP contribution < -0.4 is 9.47 Å². The van der Waals surface area contributed by atoms with E-state index in [1.807, 2.05) is 22.8 Å². The van der Waals surface area contributed by atoms with Gasteiger partial charge in [0.2, 0.25) is 5.28 Å². The second-order valence-corrected chi connectivity index (χ2v) is 4.98. The molecule has 0 aliphatic carbocycles. The summed E-state index contributed by atoms with van der Waals surface area (Å²) < 4.78 is 12.9. The zero-order valence-corrected chi connectivity index (χ0v) is 11.5. The van der Waals surface area contributed by atoms with E-state index >= 15 is 0 Å². The van der Waals surface area contributed by atoms with Crippen molar-refractivity contribution in [1.29, 1.82) is 0 Å². The Balaban J connectivity index is 2.09. The van der Waals surface area contributed by atoms with Crippen LogP contribution in [0.5, 0.6) is 11.5 Å². The van der Waals surface area contributed by atoms with E-state index in [0.29, 0.717) is 18.5 Å². The van der Waals surface area contributed by atoms with Crippen molar-refractivity contribution in [3.63, 3.8) is 0 Å². The molecule has 0 saturated carbocycles. The fourth-order valence-corrected chi connectivity index (χ4v) is 2.28. The third-order valence-corrected chi connectivity index (χ3v) is 3.19. The van der Waals surface area contributed by atoms with E-state index < -0.39 is 0 Å². The van der Waals surface area contributed by atoms with Crippen LogP contribution in [-0.2, 0) is 0 Å². The Labute approximate surface area is 116 Å². The molecule has 0 N–H and O–H groups in total. The molecule has 2 heterocycles. The Kier molecular flexibility index (Phi) is 3.06. The molecule has 1 aromatic carbocycles. The Bertz CT molecular complexity index is 610. The molecule has 1 aromatic heterocycles.